The first-order valence-electron chi connectivity index (χ1n) is 10.8. The summed E-state index contributed by atoms with van der Waals surface area (Å²) in [5.41, 5.74) is 1.67. The van der Waals surface area contributed by atoms with Gasteiger partial charge >= 0.3 is 0 Å². The molecular formula is C22H32N4O2S. The second-order valence-corrected chi connectivity index (χ2v) is 8.72. The van der Waals surface area contributed by atoms with Gasteiger partial charge in [0, 0.05) is 32.1 Å². The SMILES string of the molecule is CCCSCCCNC(=O)C1CCN(c2nc3ccccc3n(CC)c2=O)CC1. The minimum absolute atomic E-state index is 0.0309. The Hall–Kier alpha value is -2.02. The molecule has 29 heavy (non-hydrogen) atoms. The van der Waals surface area contributed by atoms with Crippen LogP contribution in [0.4, 0.5) is 5.82 Å². The fourth-order valence-electron chi connectivity index (χ4n) is 3.83. The normalized spacial score (nSPS) is 15.0. The van der Waals surface area contributed by atoms with E-state index in [-0.39, 0.29) is 17.4 Å². The Morgan fingerprint density at radius 1 is 1.21 bits per heavy atom. The van der Waals surface area contributed by atoms with Crippen LogP contribution in [-0.4, -0.2) is 46.6 Å². The van der Waals surface area contributed by atoms with Gasteiger partial charge in [0.05, 0.1) is 11.0 Å². The molecule has 0 spiro atoms. The largest absolute Gasteiger partial charge is 0.356 e. The van der Waals surface area contributed by atoms with E-state index in [9.17, 15) is 9.59 Å². The zero-order chi connectivity index (χ0) is 20.6. The summed E-state index contributed by atoms with van der Waals surface area (Å²) in [5, 5.41) is 3.09. The highest BCUT2D eigenvalue weighted by atomic mass is 32.2. The standard InChI is InChI=1S/C22H32N4O2S/c1-3-15-29-16-7-12-23-21(27)17-10-13-25(14-11-17)20-22(28)26(4-2)19-9-6-5-8-18(19)24-20/h5-6,8-9,17H,3-4,7,10-16H2,1-2H3,(H,23,27). The van der Waals surface area contributed by atoms with Crippen LogP contribution in [0.1, 0.15) is 39.5 Å². The van der Waals surface area contributed by atoms with E-state index in [4.69, 9.17) is 0 Å². The first-order chi connectivity index (χ1) is 14.2. The van der Waals surface area contributed by atoms with Crippen molar-refractivity contribution in [3.8, 4) is 0 Å². The van der Waals surface area contributed by atoms with Gasteiger partial charge in [-0.2, -0.15) is 11.8 Å². The lowest BCUT2D eigenvalue weighted by Crippen LogP contribution is -2.43. The van der Waals surface area contributed by atoms with Gasteiger partial charge in [-0.15, -0.1) is 0 Å². The van der Waals surface area contributed by atoms with Gasteiger partial charge in [-0.3, -0.25) is 9.59 Å². The monoisotopic (exact) mass is 416 g/mol. The Kier molecular flexibility index (Phi) is 7.98. The van der Waals surface area contributed by atoms with Gasteiger partial charge in [0.2, 0.25) is 5.91 Å². The van der Waals surface area contributed by atoms with Crippen LogP contribution in [-0.2, 0) is 11.3 Å². The smallest absolute Gasteiger partial charge is 0.293 e. The number of nitrogens with zero attached hydrogens (tertiary/aromatic N) is 3. The topological polar surface area (TPSA) is 67.2 Å². The number of carbonyl (C=O) groups is 1. The van der Waals surface area contributed by atoms with Gasteiger partial charge in [-0.1, -0.05) is 19.1 Å². The van der Waals surface area contributed by atoms with Crippen molar-refractivity contribution in [3.63, 3.8) is 0 Å². The van der Waals surface area contributed by atoms with E-state index in [1.54, 1.807) is 4.57 Å². The van der Waals surface area contributed by atoms with Crippen molar-refractivity contribution >= 4 is 34.5 Å². The van der Waals surface area contributed by atoms with E-state index in [1.165, 1.54) is 12.2 Å². The Morgan fingerprint density at radius 3 is 2.69 bits per heavy atom. The Balaban J connectivity index is 1.57. The van der Waals surface area contributed by atoms with Crippen molar-refractivity contribution < 1.29 is 4.79 Å². The van der Waals surface area contributed by atoms with Crippen LogP contribution < -0.4 is 15.8 Å². The number of aromatic nitrogens is 2. The summed E-state index contributed by atoms with van der Waals surface area (Å²) in [6.45, 7) is 6.91. The quantitative estimate of drug-likeness (QED) is 0.636. The van der Waals surface area contributed by atoms with E-state index in [0.29, 0.717) is 25.5 Å². The minimum atomic E-state index is -0.0429. The second-order valence-electron chi connectivity index (χ2n) is 7.49. The summed E-state index contributed by atoms with van der Waals surface area (Å²) in [7, 11) is 0. The zero-order valence-corrected chi connectivity index (χ0v) is 18.3. The Morgan fingerprint density at radius 2 is 1.97 bits per heavy atom. The number of nitrogens with one attached hydrogen (secondary N) is 1. The fraction of sp³-hybridized carbons (Fsp3) is 0.591. The molecule has 6 nitrogen and oxygen atoms in total. The second kappa shape index (κ2) is 10.7. The molecule has 0 unspecified atom stereocenters. The molecule has 1 aromatic carbocycles. The highest BCUT2D eigenvalue weighted by Gasteiger charge is 2.27. The van der Waals surface area contributed by atoms with Crippen LogP contribution in [0.3, 0.4) is 0 Å². The number of thioether (sulfide) groups is 1. The molecule has 7 heteroatoms. The average molecular weight is 417 g/mol. The lowest BCUT2D eigenvalue weighted by atomic mass is 9.96. The van der Waals surface area contributed by atoms with Crippen LogP contribution in [0.5, 0.6) is 0 Å². The number of para-hydroxylation sites is 2. The summed E-state index contributed by atoms with van der Waals surface area (Å²) >= 11 is 1.95. The third-order valence-corrected chi connectivity index (χ3v) is 6.70. The maximum Gasteiger partial charge on any atom is 0.293 e. The third kappa shape index (κ3) is 5.32. The predicted octanol–water partition coefficient (Wildman–Crippen LogP) is 3.28. The molecule has 3 rings (SSSR count). The molecule has 0 aliphatic carbocycles. The van der Waals surface area contributed by atoms with Gasteiger partial charge in [0.1, 0.15) is 0 Å². The predicted molar refractivity (Wildman–Crippen MR) is 122 cm³/mol. The molecule has 2 aromatic rings. The van der Waals surface area contributed by atoms with Crippen LogP contribution in [0.25, 0.3) is 11.0 Å². The first-order valence-corrected chi connectivity index (χ1v) is 11.9. The van der Waals surface area contributed by atoms with Crippen LogP contribution in [0.2, 0.25) is 0 Å². The van der Waals surface area contributed by atoms with Gasteiger partial charge in [0.25, 0.3) is 5.56 Å². The maximum atomic E-state index is 13.0. The molecule has 158 valence electrons. The molecule has 1 saturated heterocycles. The molecule has 1 fully saturated rings. The van der Waals surface area contributed by atoms with Crippen molar-refractivity contribution in [1.82, 2.24) is 14.9 Å². The highest BCUT2D eigenvalue weighted by Crippen LogP contribution is 2.22. The maximum absolute atomic E-state index is 13.0. The molecule has 1 N–H and O–H groups in total. The number of anilines is 1. The molecule has 0 radical (unpaired) electrons. The number of fused-ring (bicyclic) bond motifs is 1. The number of hydrogen-bond donors (Lipinski definition) is 1. The Bertz CT molecular complexity index is 875. The fourth-order valence-corrected chi connectivity index (χ4v) is 4.67. The van der Waals surface area contributed by atoms with Crippen molar-refractivity contribution in [2.45, 2.75) is 46.1 Å². The van der Waals surface area contributed by atoms with Crippen molar-refractivity contribution in [1.29, 1.82) is 0 Å². The van der Waals surface area contributed by atoms with Crippen LogP contribution in [0, 0.1) is 5.92 Å². The number of rotatable bonds is 9. The molecule has 2 heterocycles. The molecule has 1 aliphatic rings. The van der Waals surface area contributed by atoms with E-state index >= 15 is 0 Å². The van der Waals surface area contributed by atoms with E-state index in [0.717, 1.165) is 42.6 Å². The van der Waals surface area contributed by atoms with Crippen LogP contribution in [0.15, 0.2) is 29.1 Å². The van der Waals surface area contributed by atoms with Gasteiger partial charge < -0.3 is 14.8 Å². The highest BCUT2D eigenvalue weighted by molar-refractivity contribution is 7.99. The number of piperidine rings is 1. The summed E-state index contributed by atoms with van der Waals surface area (Å²) in [5.74, 6) is 2.99. The van der Waals surface area contributed by atoms with Gasteiger partial charge in [-0.25, -0.2) is 4.98 Å². The summed E-state index contributed by atoms with van der Waals surface area (Å²) in [6.07, 6.45) is 3.74. The zero-order valence-electron chi connectivity index (χ0n) is 17.5. The average Bonchev–Trinajstić information content (AvgIpc) is 2.76. The summed E-state index contributed by atoms with van der Waals surface area (Å²) in [6, 6.07) is 7.76. The summed E-state index contributed by atoms with van der Waals surface area (Å²) in [4.78, 5) is 32.1. The molecule has 1 aliphatic heterocycles. The number of hydrogen-bond acceptors (Lipinski definition) is 5. The third-order valence-electron chi connectivity index (χ3n) is 5.43. The molecule has 0 atom stereocenters. The summed E-state index contributed by atoms with van der Waals surface area (Å²) < 4.78 is 1.78. The van der Waals surface area contributed by atoms with Crippen molar-refractivity contribution in [2.24, 2.45) is 5.92 Å². The van der Waals surface area contributed by atoms with Crippen molar-refractivity contribution in [2.75, 3.05) is 36.0 Å². The molecular weight excluding hydrogens is 384 g/mol. The van der Waals surface area contributed by atoms with E-state index < -0.39 is 0 Å². The number of benzene rings is 1. The first kappa shape index (κ1) is 21.7. The Labute approximate surface area is 177 Å². The number of amides is 1. The molecule has 0 saturated carbocycles. The lowest BCUT2D eigenvalue weighted by Gasteiger charge is -2.32. The van der Waals surface area contributed by atoms with E-state index in [2.05, 4.69) is 17.2 Å². The van der Waals surface area contributed by atoms with Crippen LogP contribution >= 0.6 is 11.8 Å². The van der Waals surface area contributed by atoms with Gasteiger partial charge in [0.15, 0.2) is 5.82 Å². The van der Waals surface area contributed by atoms with E-state index in [1.807, 2.05) is 47.9 Å². The minimum Gasteiger partial charge on any atom is -0.356 e. The number of aryl methyl sites for hydroxylation is 1. The van der Waals surface area contributed by atoms with Crippen molar-refractivity contribution in [3.05, 3.63) is 34.6 Å². The lowest BCUT2D eigenvalue weighted by molar-refractivity contribution is -0.125. The van der Waals surface area contributed by atoms with Gasteiger partial charge in [-0.05, 0) is 56.2 Å². The number of carbonyl (C=O) groups excluding carboxylic acids is 1. The molecule has 1 aromatic heterocycles. The molecule has 1 amide bonds. The molecule has 0 bridgehead atoms.